The molecule has 114 valence electrons. The SMILES string of the molecule is CCCNS(=O)(=O)c1ccccc1NCc1ccn(C)n1. The summed E-state index contributed by atoms with van der Waals surface area (Å²) in [5.74, 6) is 0. The average Bonchev–Trinajstić information content (AvgIpc) is 2.89. The third kappa shape index (κ3) is 4.05. The highest BCUT2D eigenvalue weighted by Gasteiger charge is 2.17. The average molecular weight is 308 g/mol. The number of rotatable bonds is 7. The standard InChI is InChI=1S/C14H20N4O2S/c1-3-9-16-21(19,20)14-7-5-4-6-13(14)15-11-12-8-10-18(2)17-12/h4-8,10,15-16H,3,9,11H2,1-2H3. The minimum absolute atomic E-state index is 0.259. The van der Waals surface area contributed by atoms with Gasteiger partial charge in [-0.3, -0.25) is 4.68 Å². The third-order valence-electron chi connectivity index (χ3n) is 2.95. The Morgan fingerprint density at radius 2 is 2.00 bits per heavy atom. The highest BCUT2D eigenvalue weighted by Crippen LogP contribution is 2.21. The topological polar surface area (TPSA) is 76.0 Å². The Labute approximate surface area is 125 Å². The maximum absolute atomic E-state index is 12.3. The zero-order valence-corrected chi connectivity index (χ0v) is 13.0. The van der Waals surface area contributed by atoms with Gasteiger partial charge in [0.1, 0.15) is 4.90 Å². The van der Waals surface area contributed by atoms with Gasteiger partial charge in [-0.05, 0) is 24.6 Å². The highest BCUT2D eigenvalue weighted by molar-refractivity contribution is 7.89. The number of nitrogens with zero attached hydrogens (tertiary/aromatic N) is 2. The van der Waals surface area contributed by atoms with Crippen molar-refractivity contribution in [3.05, 3.63) is 42.2 Å². The van der Waals surface area contributed by atoms with Crippen molar-refractivity contribution >= 4 is 15.7 Å². The van der Waals surface area contributed by atoms with Crippen LogP contribution in [0.25, 0.3) is 0 Å². The van der Waals surface area contributed by atoms with E-state index in [4.69, 9.17) is 0 Å². The molecule has 1 aromatic carbocycles. The minimum atomic E-state index is -3.49. The summed E-state index contributed by atoms with van der Waals surface area (Å²) in [5, 5.41) is 7.39. The van der Waals surface area contributed by atoms with Crippen LogP contribution in [0.2, 0.25) is 0 Å². The van der Waals surface area contributed by atoms with Crippen molar-refractivity contribution in [1.29, 1.82) is 0 Å². The van der Waals surface area contributed by atoms with E-state index >= 15 is 0 Å². The molecule has 1 aromatic heterocycles. The first kappa shape index (κ1) is 15.5. The molecule has 0 amide bonds. The number of aromatic nitrogens is 2. The van der Waals surface area contributed by atoms with Crippen molar-refractivity contribution < 1.29 is 8.42 Å². The molecule has 0 unspecified atom stereocenters. The first-order valence-corrected chi connectivity index (χ1v) is 8.32. The molecule has 0 saturated carbocycles. The molecule has 2 N–H and O–H groups in total. The van der Waals surface area contributed by atoms with Crippen LogP contribution in [0.15, 0.2) is 41.4 Å². The second-order valence-electron chi connectivity index (χ2n) is 4.73. The molecule has 21 heavy (non-hydrogen) atoms. The van der Waals surface area contributed by atoms with Crippen molar-refractivity contribution in [3.8, 4) is 0 Å². The van der Waals surface area contributed by atoms with Gasteiger partial charge in [-0.15, -0.1) is 0 Å². The molecule has 6 nitrogen and oxygen atoms in total. The molecule has 0 radical (unpaired) electrons. The highest BCUT2D eigenvalue weighted by atomic mass is 32.2. The van der Waals surface area contributed by atoms with E-state index in [1.54, 1.807) is 28.9 Å². The summed E-state index contributed by atoms with van der Waals surface area (Å²) in [6.45, 7) is 2.83. The summed E-state index contributed by atoms with van der Waals surface area (Å²) >= 11 is 0. The second-order valence-corrected chi connectivity index (χ2v) is 6.46. The number of anilines is 1. The number of aryl methyl sites for hydroxylation is 1. The van der Waals surface area contributed by atoms with Gasteiger partial charge in [0.15, 0.2) is 0 Å². The van der Waals surface area contributed by atoms with E-state index in [9.17, 15) is 8.42 Å². The summed E-state index contributed by atoms with van der Waals surface area (Å²) in [4.78, 5) is 0.259. The molecule has 0 saturated heterocycles. The molecule has 7 heteroatoms. The number of hydrogen-bond acceptors (Lipinski definition) is 4. The molecular formula is C14H20N4O2S. The molecule has 1 heterocycles. The Balaban J connectivity index is 2.16. The predicted molar refractivity (Wildman–Crippen MR) is 82.5 cm³/mol. The van der Waals surface area contributed by atoms with Gasteiger partial charge in [0.2, 0.25) is 10.0 Å². The van der Waals surface area contributed by atoms with Crippen LogP contribution in [0.3, 0.4) is 0 Å². The van der Waals surface area contributed by atoms with Crippen LogP contribution in [-0.2, 0) is 23.6 Å². The molecule has 0 fully saturated rings. The summed E-state index contributed by atoms with van der Waals surface area (Å²) in [5.41, 5.74) is 1.43. The molecule has 0 atom stereocenters. The largest absolute Gasteiger partial charge is 0.378 e. The molecular weight excluding hydrogens is 288 g/mol. The van der Waals surface area contributed by atoms with Crippen LogP contribution in [-0.4, -0.2) is 24.7 Å². The second kappa shape index (κ2) is 6.73. The lowest BCUT2D eigenvalue weighted by Gasteiger charge is -2.12. The number of nitrogens with one attached hydrogen (secondary N) is 2. The Kier molecular flexibility index (Phi) is 4.98. The van der Waals surface area contributed by atoms with E-state index in [-0.39, 0.29) is 4.90 Å². The molecule has 2 rings (SSSR count). The summed E-state index contributed by atoms with van der Waals surface area (Å²) < 4.78 is 28.8. The Hall–Kier alpha value is -1.86. The molecule has 0 aliphatic carbocycles. The number of sulfonamides is 1. The first-order chi connectivity index (χ1) is 10.0. The quantitative estimate of drug-likeness (QED) is 0.816. The van der Waals surface area contributed by atoms with Gasteiger partial charge in [-0.25, -0.2) is 13.1 Å². The van der Waals surface area contributed by atoms with Crippen molar-refractivity contribution in [2.24, 2.45) is 7.05 Å². The minimum Gasteiger partial charge on any atom is -0.378 e. The summed E-state index contributed by atoms with van der Waals surface area (Å²) in [7, 11) is -1.65. The molecule has 2 aromatic rings. The van der Waals surface area contributed by atoms with Crippen LogP contribution in [0.5, 0.6) is 0 Å². The van der Waals surface area contributed by atoms with Gasteiger partial charge in [0.25, 0.3) is 0 Å². The Morgan fingerprint density at radius 3 is 2.67 bits per heavy atom. The smallest absolute Gasteiger partial charge is 0.242 e. The Bertz CT molecular complexity index is 695. The van der Waals surface area contributed by atoms with Crippen molar-refractivity contribution in [1.82, 2.24) is 14.5 Å². The Morgan fingerprint density at radius 1 is 1.24 bits per heavy atom. The van der Waals surface area contributed by atoms with E-state index in [1.807, 2.05) is 26.2 Å². The van der Waals surface area contributed by atoms with Crippen molar-refractivity contribution in [2.45, 2.75) is 24.8 Å². The zero-order valence-electron chi connectivity index (χ0n) is 12.2. The molecule has 0 bridgehead atoms. The van der Waals surface area contributed by atoms with E-state index in [2.05, 4.69) is 15.1 Å². The monoisotopic (exact) mass is 308 g/mol. The van der Waals surface area contributed by atoms with Gasteiger partial charge >= 0.3 is 0 Å². The maximum Gasteiger partial charge on any atom is 0.242 e. The van der Waals surface area contributed by atoms with Gasteiger partial charge in [-0.2, -0.15) is 5.10 Å². The van der Waals surface area contributed by atoms with E-state index in [0.29, 0.717) is 18.8 Å². The van der Waals surface area contributed by atoms with Crippen LogP contribution in [0.1, 0.15) is 19.0 Å². The van der Waals surface area contributed by atoms with Gasteiger partial charge < -0.3 is 5.32 Å². The lowest BCUT2D eigenvalue weighted by atomic mass is 10.3. The van der Waals surface area contributed by atoms with Crippen LogP contribution in [0.4, 0.5) is 5.69 Å². The van der Waals surface area contributed by atoms with E-state index < -0.39 is 10.0 Å². The molecule has 0 spiro atoms. The molecule has 0 aliphatic heterocycles. The van der Waals surface area contributed by atoms with Crippen LogP contribution in [0, 0.1) is 0 Å². The fourth-order valence-electron chi connectivity index (χ4n) is 1.90. The number of hydrogen-bond donors (Lipinski definition) is 2. The molecule has 0 aliphatic rings. The fourth-order valence-corrected chi connectivity index (χ4v) is 3.22. The predicted octanol–water partition coefficient (Wildman–Crippen LogP) is 1.72. The lowest BCUT2D eigenvalue weighted by Crippen LogP contribution is -2.25. The third-order valence-corrected chi connectivity index (χ3v) is 4.47. The van der Waals surface area contributed by atoms with Gasteiger partial charge in [-0.1, -0.05) is 19.1 Å². The van der Waals surface area contributed by atoms with Gasteiger partial charge in [0, 0.05) is 19.8 Å². The first-order valence-electron chi connectivity index (χ1n) is 6.84. The number of benzene rings is 1. The number of para-hydroxylation sites is 1. The zero-order chi connectivity index (χ0) is 15.3. The van der Waals surface area contributed by atoms with Gasteiger partial charge in [0.05, 0.1) is 17.9 Å². The lowest BCUT2D eigenvalue weighted by molar-refractivity contribution is 0.581. The fraction of sp³-hybridized carbons (Fsp3) is 0.357. The van der Waals surface area contributed by atoms with Crippen molar-refractivity contribution in [3.63, 3.8) is 0 Å². The van der Waals surface area contributed by atoms with E-state index in [0.717, 1.165) is 12.1 Å². The summed E-state index contributed by atoms with van der Waals surface area (Å²) in [6, 6.07) is 8.76. The van der Waals surface area contributed by atoms with Crippen molar-refractivity contribution in [2.75, 3.05) is 11.9 Å². The van der Waals surface area contributed by atoms with Crippen LogP contribution >= 0.6 is 0 Å². The maximum atomic E-state index is 12.3. The van der Waals surface area contributed by atoms with E-state index in [1.165, 1.54) is 0 Å². The van der Waals surface area contributed by atoms with Crippen LogP contribution < -0.4 is 10.0 Å². The normalized spacial score (nSPS) is 11.5. The summed E-state index contributed by atoms with van der Waals surface area (Å²) in [6.07, 6.45) is 2.60.